The van der Waals surface area contributed by atoms with Gasteiger partial charge in [0, 0.05) is 31.5 Å². The highest BCUT2D eigenvalue weighted by Gasteiger charge is 2.31. The second kappa shape index (κ2) is 3.90. The van der Waals surface area contributed by atoms with Gasteiger partial charge in [-0.25, -0.2) is 0 Å². The zero-order valence-electron chi connectivity index (χ0n) is 7.79. The molecule has 0 aromatic rings. The Hall–Kier alpha value is -0.570. The van der Waals surface area contributed by atoms with E-state index in [1.165, 1.54) is 0 Å². The lowest BCUT2D eigenvalue weighted by Gasteiger charge is -2.39. The number of hydrogen-bond donors (Lipinski definition) is 1. The van der Waals surface area contributed by atoms with Crippen LogP contribution in [0.5, 0.6) is 0 Å². The summed E-state index contributed by atoms with van der Waals surface area (Å²) < 4.78 is 0. The van der Waals surface area contributed by atoms with Crippen molar-refractivity contribution in [3.8, 4) is 0 Å². The summed E-state index contributed by atoms with van der Waals surface area (Å²) >= 11 is 0. The number of carbonyl (C=O) groups excluding carboxylic acids is 1. The van der Waals surface area contributed by atoms with Gasteiger partial charge < -0.3 is 10.0 Å². The van der Waals surface area contributed by atoms with Gasteiger partial charge in [-0.3, -0.25) is 4.79 Å². The van der Waals surface area contributed by atoms with E-state index in [0.717, 1.165) is 19.5 Å². The molecule has 0 aromatic heterocycles. The zero-order valence-corrected chi connectivity index (χ0v) is 7.79. The van der Waals surface area contributed by atoms with E-state index >= 15 is 0 Å². The Balaban J connectivity index is 2.28. The molecule has 0 aromatic carbocycles. The molecule has 1 unspecified atom stereocenters. The van der Waals surface area contributed by atoms with Gasteiger partial charge in [0.2, 0.25) is 5.91 Å². The minimum Gasteiger partial charge on any atom is -0.396 e. The molecule has 1 atom stereocenters. The summed E-state index contributed by atoms with van der Waals surface area (Å²) in [4.78, 5) is 13.3. The van der Waals surface area contributed by atoms with Crippen LogP contribution in [-0.4, -0.2) is 35.6 Å². The van der Waals surface area contributed by atoms with Crippen LogP contribution in [0, 0.1) is 11.8 Å². The third kappa shape index (κ3) is 1.78. The topological polar surface area (TPSA) is 40.5 Å². The first kappa shape index (κ1) is 9.52. The molecule has 1 heterocycles. The van der Waals surface area contributed by atoms with E-state index in [0.29, 0.717) is 5.92 Å². The van der Waals surface area contributed by atoms with Gasteiger partial charge in [-0.05, 0) is 6.42 Å². The van der Waals surface area contributed by atoms with Crippen molar-refractivity contribution in [3.05, 3.63) is 0 Å². The summed E-state index contributed by atoms with van der Waals surface area (Å²) in [5.74, 6) is 0.713. The summed E-state index contributed by atoms with van der Waals surface area (Å²) in [6.45, 7) is 5.68. The van der Waals surface area contributed by atoms with E-state index in [-0.39, 0.29) is 18.4 Å². The third-order valence-electron chi connectivity index (χ3n) is 2.56. The maximum Gasteiger partial charge on any atom is 0.225 e. The molecule has 3 heteroatoms. The molecule has 1 aliphatic rings. The van der Waals surface area contributed by atoms with E-state index in [1.807, 2.05) is 18.7 Å². The summed E-state index contributed by atoms with van der Waals surface area (Å²) in [5.41, 5.74) is 0. The molecule has 70 valence electrons. The smallest absolute Gasteiger partial charge is 0.225 e. The van der Waals surface area contributed by atoms with Crippen LogP contribution in [0.3, 0.4) is 0 Å². The molecular formula is C9H17NO2. The Morgan fingerprint density at radius 3 is 2.67 bits per heavy atom. The number of aliphatic hydroxyl groups excluding tert-OH is 1. The fraction of sp³-hybridized carbons (Fsp3) is 0.889. The monoisotopic (exact) mass is 171 g/mol. The van der Waals surface area contributed by atoms with Gasteiger partial charge in [0.05, 0.1) is 0 Å². The molecular weight excluding hydrogens is 154 g/mol. The first-order chi connectivity index (χ1) is 5.69. The molecule has 1 fully saturated rings. The van der Waals surface area contributed by atoms with Crippen LogP contribution >= 0.6 is 0 Å². The largest absolute Gasteiger partial charge is 0.396 e. The van der Waals surface area contributed by atoms with Gasteiger partial charge >= 0.3 is 0 Å². The number of hydrogen-bond acceptors (Lipinski definition) is 2. The van der Waals surface area contributed by atoms with Crippen LogP contribution in [0.4, 0.5) is 0 Å². The van der Waals surface area contributed by atoms with Gasteiger partial charge in [-0.15, -0.1) is 0 Å². The van der Waals surface area contributed by atoms with Gasteiger partial charge in [0.15, 0.2) is 0 Å². The minimum atomic E-state index is 0.143. The highest BCUT2D eigenvalue weighted by Crippen LogP contribution is 2.18. The van der Waals surface area contributed by atoms with Crippen molar-refractivity contribution in [2.75, 3.05) is 19.7 Å². The van der Waals surface area contributed by atoms with Crippen LogP contribution in [-0.2, 0) is 4.79 Å². The third-order valence-corrected chi connectivity index (χ3v) is 2.56. The minimum absolute atomic E-state index is 0.143. The summed E-state index contributed by atoms with van der Waals surface area (Å²) in [5, 5.41) is 8.74. The van der Waals surface area contributed by atoms with Gasteiger partial charge in [0.1, 0.15) is 0 Å². The molecule has 3 nitrogen and oxygen atoms in total. The van der Waals surface area contributed by atoms with E-state index in [1.54, 1.807) is 0 Å². The molecule has 0 radical (unpaired) electrons. The molecule has 0 bridgehead atoms. The van der Waals surface area contributed by atoms with E-state index < -0.39 is 0 Å². The second-order valence-electron chi connectivity index (χ2n) is 3.60. The molecule has 1 aliphatic heterocycles. The van der Waals surface area contributed by atoms with Crippen LogP contribution in [0.15, 0.2) is 0 Å². The first-order valence-electron chi connectivity index (χ1n) is 4.58. The fourth-order valence-electron chi connectivity index (χ4n) is 1.35. The molecule has 0 aliphatic carbocycles. The average Bonchev–Trinajstić information content (AvgIpc) is 2.01. The summed E-state index contributed by atoms with van der Waals surface area (Å²) in [7, 11) is 0. The van der Waals surface area contributed by atoms with E-state index in [4.69, 9.17) is 5.11 Å². The SMILES string of the molecule is CCC(C)C(=O)N1CC(CO)C1. The van der Waals surface area contributed by atoms with Crippen LogP contribution in [0.1, 0.15) is 20.3 Å². The lowest BCUT2D eigenvalue weighted by atomic mass is 9.98. The van der Waals surface area contributed by atoms with Gasteiger partial charge in [0.25, 0.3) is 0 Å². The Morgan fingerprint density at radius 2 is 2.25 bits per heavy atom. The first-order valence-corrected chi connectivity index (χ1v) is 4.58. The zero-order chi connectivity index (χ0) is 9.14. The maximum atomic E-state index is 11.5. The predicted molar refractivity (Wildman–Crippen MR) is 46.6 cm³/mol. The number of nitrogens with zero attached hydrogens (tertiary/aromatic N) is 1. The fourth-order valence-corrected chi connectivity index (χ4v) is 1.35. The normalized spacial score (nSPS) is 20.4. The number of carbonyl (C=O) groups is 1. The Morgan fingerprint density at radius 1 is 1.67 bits per heavy atom. The van der Waals surface area contributed by atoms with Crippen LogP contribution in [0.25, 0.3) is 0 Å². The van der Waals surface area contributed by atoms with Crippen molar-refractivity contribution in [1.82, 2.24) is 4.90 Å². The van der Waals surface area contributed by atoms with Crippen molar-refractivity contribution in [2.24, 2.45) is 11.8 Å². The molecule has 1 amide bonds. The van der Waals surface area contributed by atoms with E-state index in [9.17, 15) is 4.79 Å². The predicted octanol–water partition coefficient (Wildman–Crippen LogP) is 0.483. The van der Waals surface area contributed by atoms with Crippen molar-refractivity contribution in [3.63, 3.8) is 0 Å². The maximum absolute atomic E-state index is 11.5. The van der Waals surface area contributed by atoms with Crippen molar-refractivity contribution in [2.45, 2.75) is 20.3 Å². The Labute approximate surface area is 73.4 Å². The van der Waals surface area contributed by atoms with Crippen LogP contribution in [0.2, 0.25) is 0 Å². The average molecular weight is 171 g/mol. The molecule has 12 heavy (non-hydrogen) atoms. The number of rotatable bonds is 3. The van der Waals surface area contributed by atoms with E-state index in [2.05, 4.69) is 0 Å². The molecule has 1 rings (SSSR count). The standard InChI is InChI=1S/C9H17NO2/c1-3-7(2)9(12)10-4-8(5-10)6-11/h7-8,11H,3-6H2,1-2H3. The Bertz CT molecular complexity index is 164. The molecule has 1 N–H and O–H groups in total. The van der Waals surface area contributed by atoms with Gasteiger partial charge in [-0.2, -0.15) is 0 Å². The van der Waals surface area contributed by atoms with Crippen LogP contribution < -0.4 is 0 Å². The quantitative estimate of drug-likeness (QED) is 0.671. The number of likely N-dealkylation sites (tertiary alicyclic amines) is 1. The highest BCUT2D eigenvalue weighted by molar-refractivity contribution is 5.79. The number of amides is 1. The number of aliphatic hydroxyl groups is 1. The Kier molecular flexibility index (Phi) is 3.09. The molecule has 0 saturated carbocycles. The van der Waals surface area contributed by atoms with Crippen molar-refractivity contribution in [1.29, 1.82) is 0 Å². The second-order valence-corrected chi connectivity index (χ2v) is 3.60. The van der Waals surface area contributed by atoms with Crippen molar-refractivity contribution >= 4 is 5.91 Å². The molecule has 1 saturated heterocycles. The highest BCUT2D eigenvalue weighted by atomic mass is 16.3. The van der Waals surface area contributed by atoms with Gasteiger partial charge in [-0.1, -0.05) is 13.8 Å². The lowest BCUT2D eigenvalue weighted by molar-refractivity contribution is -0.142. The lowest BCUT2D eigenvalue weighted by Crippen LogP contribution is -2.52. The summed E-state index contributed by atoms with van der Waals surface area (Å²) in [6.07, 6.45) is 0.902. The summed E-state index contributed by atoms with van der Waals surface area (Å²) in [6, 6.07) is 0. The molecule has 0 spiro atoms. The van der Waals surface area contributed by atoms with Crippen molar-refractivity contribution < 1.29 is 9.90 Å².